The first-order chi connectivity index (χ1) is 19.5. The fourth-order valence-corrected chi connectivity index (χ4v) is 8.07. The standard InChI is InChI=1S/C33H39N3O6/c1-31-15-19-20(35(4)5)14-18(13-12-17-10-8-9-11-17)24(37)21(19)25(38)23(31)29(41)33(3)28(40)22(30(34)42)26(39)27(36(6)7)32(33,2)16-31/h10,14,27,37,39,41H,8-9,11,15-16H2,1-7H3,(H2,34,42)/t27-,31+,32+,33+/m1/s1. The molecule has 0 fully saturated rings. The zero-order valence-electron chi connectivity index (χ0n) is 25.3. The smallest absolute Gasteiger partial charge is 0.255 e. The molecule has 0 unspecified atom stereocenters. The second-order valence-corrected chi connectivity index (χ2v) is 13.2. The lowest BCUT2D eigenvalue weighted by Crippen LogP contribution is -2.65. The van der Waals surface area contributed by atoms with Gasteiger partial charge in [-0.1, -0.05) is 31.8 Å². The first kappa shape index (κ1) is 29.5. The molecule has 9 heteroatoms. The molecule has 0 spiro atoms. The van der Waals surface area contributed by atoms with Crippen molar-refractivity contribution in [1.29, 1.82) is 0 Å². The van der Waals surface area contributed by atoms with Gasteiger partial charge in [-0.25, -0.2) is 0 Å². The van der Waals surface area contributed by atoms with Gasteiger partial charge in [-0.05, 0) is 70.3 Å². The van der Waals surface area contributed by atoms with Crippen LogP contribution in [0.5, 0.6) is 5.75 Å². The van der Waals surface area contributed by atoms with Crippen molar-refractivity contribution in [3.05, 3.63) is 57.1 Å². The highest BCUT2D eigenvalue weighted by Gasteiger charge is 2.69. The molecule has 5 N–H and O–H groups in total. The van der Waals surface area contributed by atoms with Gasteiger partial charge in [-0.2, -0.15) is 0 Å². The van der Waals surface area contributed by atoms with Gasteiger partial charge in [-0.3, -0.25) is 19.3 Å². The lowest BCUT2D eigenvalue weighted by atomic mass is 9.43. The Morgan fingerprint density at radius 3 is 2.29 bits per heavy atom. The molecule has 0 aromatic heterocycles. The lowest BCUT2D eigenvalue weighted by Gasteiger charge is -2.60. The van der Waals surface area contributed by atoms with Gasteiger partial charge in [0.2, 0.25) is 0 Å². The molecule has 0 radical (unpaired) electrons. The molecule has 4 atom stereocenters. The number of carbonyl (C=O) groups excluding carboxylic acids is 3. The summed E-state index contributed by atoms with van der Waals surface area (Å²) in [6.07, 6.45) is 5.43. The number of rotatable bonds is 3. The van der Waals surface area contributed by atoms with Gasteiger partial charge in [-0.15, -0.1) is 0 Å². The number of fused-ring (bicyclic) bond motifs is 3. The number of carbonyl (C=O) groups is 3. The summed E-state index contributed by atoms with van der Waals surface area (Å²) in [5.41, 5.74) is 3.84. The number of nitrogens with two attached hydrogens (primary N) is 1. The van der Waals surface area contributed by atoms with E-state index < -0.39 is 56.9 Å². The van der Waals surface area contributed by atoms with Crippen molar-refractivity contribution in [2.45, 2.75) is 58.9 Å². The van der Waals surface area contributed by atoms with E-state index in [9.17, 15) is 29.7 Å². The minimum atomic E-state index is -1.76. The van der Waals surface area contributed by atoms with Crippen LogP contribution in [0.1, 0.15) is 67.9 Å². The van der Waals surface area contributed by atoms with Crippen LogP contribution < -0.4 is 10.6 Å². The number of allylic oxidation sites excluding steroid dienone is 4. The summed E-state index contributed by atoms with van der Waals surface area (Å²) in [5, 5.41) is 34.8. The quantitative estimate of drug-likeness (QED) is 0.317. The largest absolute Gasteiger partial charge is 0.511 e. The van der Waals surface area contributed by atoms with E-state index in [0.717, 1.165) is 30.5 Å². The fourth-order valence-electron chi connectivity index (χ4n) is 8.07. The second kappa shape index (κ2) is 9.50. The molecule has 1 aromatic carbocycles. The van der Waals surface area contributed by atoms with Crippen LogP contribution in [0.3, 0.4) is 0 Å². The first-order valence-electron chi connectivity index (χ1n) is 14.2. The highest BCUT2D eigenvalue weighted by Crippen LogP contribution is 2.66. The summed E-state index contributed by atoms with van der Waals surface area (Å²) in [7, 11) is 7.14. The topological polar surface area (TPSA) is 144 Å². The van der Waals surface area contributed by atoms with Crippen LogP contribution in [0.4, 0.5) is 5.69 Å². The highest BCUT2D eigenvalue weighted by atomic mass is 16.3. The Bertz CT molecular complexity index is 1620. The van der Waals surface area contributed by atoms with Crippen LogP contribution in [0.25, 0.3) is 0 Å². The number of amides is 1. The van der Waals surface area contributed by atoms with Crippen molar-refractivity contribution >= 4 is 23.2 Å². The van der Waals surface area contributed by atoms with E-state index in [-0.39, 0.29) is 29.7 Å². The Kier molecular flexibility index (Phi) is 6.66. The van der Waals surface area contributed by atoms with E-state index in [2.05, 4.69) is 17.9 Å². The lowest BCUT2D eigenvalue weighted by molar-refractivity contribution is -0.144. The molecule has 1 aromatic rings. The van der Waals surface area contributed by atoms with Crippen molar-refractivity contribution in [3.63, 3.8) is 0 Å². The third-order valence-electron chi connectivity index (χ3n) is 10.1. The maximum Gasteiger partial charge on any atom is 0.255 e. The molecule has 5 rings (SSSR count). The Hall–Kier alpha value is -4.03. The number of anilines is 1. The summed E-state index contributed by atoms with van der Waals surface area (Å²) < 4.78 is 0. The molecular weight excluding hydrogens is 534 g/mol. The van der Waals surface area contributed by atoms with Gasteiger partial charge >= 0.3 is 0 Å². The highest BCUT2D eigenvalue weighted by molar-refractivity contribution is 6.24. The predicted octanol–water partition coefficient (Wildman–Crippen LogP) is 3.70. The third-order valence-corrected chi connectivity index (χ3v) is 10.1. The van der Waals surface area contributed by atoms with Gasteiger partial charge in [0, 0.05) is 36.2 Å². The third kappa shape index (κ3) is 3.77. The molecule has 42 heavy (non-hydrogen) atoms. The molecule has 222 valence electrons. The number of phenolic OH excluding ortho intramolecular Hbond substituents is 1. The number of benzene rings is 1. The van der Waals surface area contributed by atoms with E-state index in [1.807, 2.05) is 25.9 Å². The summed E-state index contributed by atoms with van der Waals surface area (Å²) in [5.74, 6) is 2.49. The number of ketones is 2. The molecule has 0 saturated carbocycles. The Morgan fingerprint density at radius 1 is 1.07 bits per heavy atom. The summed E-state index contributed by atoms with van der Waals surface area (Å²) in [6.45, 7) is 5.17. The van der Waals surface area contributed by atoms with Crippen molar-refractivity contribution in [2.75, 3.05) is 33.1 Å². The SMILES string of the molecule is CN(C)c1cc(C#CC2=CCCC2)c(O)c2c1C[C@@]1(C)C[C@@]3(C)[C@H](N(C)C)C(O)=C(C(N)=O)C(=O)[C@@]3(C)C(O)=C1C2=O. The number of hydrogen-bond acceptors (Lipinski definition) is 8. The fraction of sp³-hybridized carbons (Fsp3) is 0.485. The number of aromatic hydroxyl groups is 1. The number of Topliss-reactive ketones (excluding diaryl/α,β-unsaturated/α-hetero) is 2. The first-order valence-corrected chi connectivity index (χ1v) is 14.2. The Balaban J connectivity index is 1.79. The monoisotopic (exact) mass is 573 g/mol. The van der Waals surface area contributed by atoms with E-state index in [0.29, 0.717) is 11.1 Å². The zero-order chi connectivity index (χ0) is 31.1. The molecule has 4 aliphatic rings. The molecule has 0 bridgehead atoms. The predicted molar refractivity (Wildman–Crippen MR) is 159 cm³/mol. The van der Waals surface area contributed by atoms with Gasteiger partial charge in [0.25, 0.3) is 5.91 Å². The minimum Gasteiger partial charge on any atom is -0.511 e. The zero-order valence-corrected chi connectivity index (χ0v) is 25.3. The number of nitrogens with zero attached hydrogens (tertiary/aromatic N) is 2. The van der Waals surface area contributed by atoms with Crippen molar-refractivity contribution in [3.8, 4) is 17.6 Å². The number of aliphatic hydroxyl groups excluding tert-OH is 2. The van der Waals surface area contributed by atoms with Crippen LogP contribution in [-0.2, 0) is 16.0 Å². The molecule has 0 heterocycles. The molecule has 1 amide bonds. The van der Waals surface area contributed by atoms with E-state index in [1.165, 1.54) is 6.92 Å². The van der Waals surface area contributed by atoms with E-state index in [4.69, 9.17) is 5.73 Å². The van der Waals surface area contributed by atoms with E-state index >= 15 is 0 Å². The van der Waals surface area contributed by atoms with Crippen molar-refractivity contribution in [2.24, 2.45) is 22.0 Å². The molecule has 0 aliphatic heterocycles. The number of primary amides is 1. The number of hydrogen-bond donors (Lipinski definition) is 4. The van der Waals surface area contributed by atoms with Crippen LogP contribution >= 0.6 is 0 Å². The van der Waals surface area contributed by atoms with Gasteiger partial charge < -0.3 is 26.0 Å². The molecule has 9 nitrogen and oxygen atoms in total. The van der Waals surface area contributed by atoms with Gasteiger partial charge in [0.05, 0.1) is 22.6 Å². The molecule has 0 saturated heterocycles. The average Bonchev–Trinajstić information content (AvgIpc) is 3.39. The van der Waals surface area contributed by atoms with Crippen LogP contribution in [-0.4, -0.2) is 71.9 Å². The number of aliphatic hydroxyl groups is 2. The molecule has 4 aliphatic carbocycles. The number of likely N-dealkylation sites (N-methyl/N-ethyl adjacent to an activating group) is 1. The van der Waals surface area contributed by atoms with Gasteiger partial charge in [0.15, 0.2) is 11.6 Å². The van der Waals surface area contributed by atoms with Crippen LogP contribution in [0.15, 0.2) is 40.4 Å². The second-order valence-electron chi connectivity index (χ2n) is 13.2. The van der Waals surface area contributed by atoms with Crippen LogP contribution in [0, 0.1) is 28.1 Å². The van der Waals surface area contributed by atoms with Crippen molar-refractivity contribution < 1.29 is 29.7 Å². The van der Waals surface area contributed by atoms with Crippen molar-refractivity contribution in [1.82, 2.24) is 4.90 Å². The normalized spacial score (nSPS) is 30.4. The summed E-state index contributed by atoms with van der Waals surface area (Å²) in [4.78, 5) is 44.5. The summed E-state index contributed by atoms with van der Waals surface area (Å²) >= 11 is 0. The van der Waals surface area contributed by atoms with Gasteiger partial charge in [0.1, 0.15) is 22.8 Å². The maximum atomic E-state index is 14.5. The number of phenols is 1. The van der Waals surface area contributed by atoms with E-state index in [1.54, 1.807) is 32.0 Å². The Morgan fingerprint density at radius 2 is 1.74 bits per heavy atom. The molecular formula is C33H39N3O6. The van der Waals surface area contributed by atoms with Crippen LogP contribution in [0.2, 0.25) is 0 Å². The Labute approximate surface area is 246 Å². The minimum absolute atomic E-state index is 0.0228. The summed E-state index contributed by atoms with van der Waals surface area (Å²) in [6, 6.07) is 0.931. The maximum absolute atomic E-state index is 14.5. The average molecular weight is 574 g/mol.